The van der Waals surface area contributed by atoms with Crippen LogP contribution in [0.15, 0.2) is 0 Å². The SMILES string of the molecule is CNCCC(CC1CCC(C(C)(C)C)CC1)C(C)(C)C. The molecule has 1 heteroatoms. The van der Waals surface area contributed by atoms with Crippen LogP contribution < -0.4 is 5.32 Å². The van der Waals surface area contributed by atoms with E-state index in [9.17, 15) is 0 Å². The Labute approximate surface area is 128 Å². The topological polar surface area (TPSA) is 12.0 Å². The highest BCUT2D eigenvalue weighted by molar-refractivity contribution is 4.84. The Balaban J connectivity index is 2.47. The molecule has 1 nitrogen and oxygen atoms in total. The smallest absolute Gasteiger partial charge is 0.00491 e. The monoisotopic (exact) mass is 281 g/mol. The van der Waals surface area contributed by atoms with E-state index in [4.69, 9.17) is 0 Å². The largest absolute Gasteiger partial charge is 0.320 e. The summed E-state index contributed by atoms with van der Waals surface area (Å²) in [6.45, 7) is 15.7. The zero-order valence-corrected chi connectivity index (χ0v) is 15.2. The lowest BCUT2D eigenvalue weighted by Crippen LogP contribution is -2.30. The van der Waals surface area contributed by atoms with Crippen molar-refractivity contribution in [2.24, 2.45) is 28.6 Å². The molecule has 1 N–H and O–H groups in total. The first-order valence-corrected chi connectivity index (χ1v) is 8.79. The molecule has 0 aromatic rings. The van der Waals surface area contributed by atoms with Gasteiger partial charge >= 0.3 is 0 Å². The maximum absolute atomic E-state index is 3.33. The molecule has 1 atom stereocenters. The van der Waals surface area contributed by atoms with E-state index in [0.29, 0.717) is 10.8 Å². The molecule has 20 heavy (non-hydrogen) atoms. The molecule has 0 aromatic heterocycles. The molecule has 1 saturated carbocycles. The molecule has 120 valence electrons. The molecule has 0 bridgehead atoms. The molecule has 0 spiro atoms. The molecule has 0 heterocycles. The summed E-state index contributed by atoms with van der Waals surface area (Å²) in [4.78, 5) is 0. The average molecular weight is 282 g/mol. The van der Waals surface area contributed by atoms with Gasteiger partial charge in [0.2, 0.25) is 0 Å². The molecular weight excluding hydrogens is 242 g/mol. The molecule has 1 aliphatic rings. The standard InChI is InChI=1S/C19H39N/c1-18(2,3)16-10-8-15(9-11-16)14-17(12-13-20-7)19(4,5)6/h15-17,20H,8-14H2,1-7H3. The molecule has 0 amide bonds. The lowest BCUT2D eigenvalue weighted by atomic mass is 9.66. The Morgan fingerprint density at radius 3 is 1.90 bits per heavy atom. The summed E-state index contributed by atoms with van der Waals surface area (Å²) in [7, 11) is 2.08. The number of hydrogen-bond acceptors (Lipinski definition) is 1. The van der Waals surface area contributed by atoms with Gasteiger partial charge in [0.25, 0.3) is 0 Å². The van der Waals surface area contributed by atoms with E-state index in [2.05, 4.69) is 53.9 Å². The van der Waals surface area contributed by atoms with Gasteiger partial charge in [-0.05, 0) is 67.9 Å². The second kappa shape index (κ2) is 7.29. The van der Waals surface area contributed by atoms with E-state index in [1.807, 2.05) is 0 Å². The first-order chi connectivity index (χ1) is 9.14. The summed E-state index contributed by atoms with van der Waals surface area (Å²) < 4.78 is 0. The van der Waals surface area contributed by atoms with Crippen LogP contribution in [-0.2, 0) is 0 Å². The van der Waals surface area contributed by atoms with Crippen LogP contribution in [0.3, 0.4) is 0 Å². The molecule has 0 radical (unpaired) electrons. The van der Waals surface area contributed by atoms with Crippen molar-refractivity contribution >= 4 is 0 Å². The molecule has 1 rings (SSSR count). The molecule has 1 unspecified atom stereocenters. The lowest BCUT2D eigenvalue weighted by Gasteiger charge is -2.40. The minimum atomic E-state index is 0.456. The average Bonchev–Trinajstić information content (AvgIpc) is 2.32. The van der Waals surface area contributed by atoms with E-state index in [1.165, 1.54) is 45.1 Å². The van der Waals surface area contributed by atoms with Crippen molar-refractivity contribution in [2.75, 3.05) is 13.6 Å². The number of hydrogen-bond donors (Lipinski definition) is 1. The summed E-state index contributed by atoms with van der Waals surface area (Å²) in [5.74, 6) is 2.80. The highest BCUT2D eigenvalue weighted by atomic mass is 14.8. The number of nitrogens with one attached hydrogen (secondary N) is 1. The van der Waals surface area contributed by atoms with Gasteiger partial charge in [-0.25, -0.2) is 0 Å². The predicted octanol–water partition coefficient (Wildman–Crippen LogP) is 5.50. The van der Waals surface area contributed by atoms with Crippen molar-refractivity contribution in [1.82, 2.24) is 5.32 Å². The van der Waals surface area contributed by atoms with Gasteiger partial charge in [-0.3, -0.25) is 0 Å². The minimum Gasteiger partial charge on any atom is -0.320 e. The van der Waals surface area contributed by atoms with Crippen LogP contribution in [0, 0.1) is 28.6 Å². The van der Waals surface area contributed by atoms with Gasteiger partial charge in [0.15, 0.2) is 0 Å². The Hall–Kier alpha value is -0.0400. The summed E-state index contributed by atoms with van der Waals surface area (Å²) in [5.41, 5.74) is 0.970. The van der Waals surface area contributed by atoms with E-state index < -0.39 is 0 Å². The zero-order chi connectivity index (χ0) is 15.4. The van der Waals surface area contributed by atoms with Crippen molar-refractivity contribution in [3.8, 4) is 0 Å². The maximum atomic E-state index is 3.33. The summed E-state index contributed by atoms with van der Waals surface area (Å²) in [6.07, 6.45) is 8.62. The van der Waals surface area contributed by atoms with Gasteiger partial charge in [-0.2, -0.15) is 0 Å². The molecule has 0 saturated heterocycles. The van der Waals surface area contributed by atoms with Gasteiger partial charge in [0, 0.05) is 0 Å². The molecule has 1 fully saturated rings. The van der Waals surface area contributed by atoms with E-state index in [1.54, 1.807) is 0 Å². The summed E-state index contributed by atoms with van der Waals surface area (Å²) in [6, 6.07) is 0. The van der Waals surface area contributed by atoms with E-state index in [0.717, 1.165) is 17.8 Å². The second-order valence-corrected chi connectivity index (χ2v) is 9.27. The summed E-state index contributed by atoms with van der Waals surface area (Å²) >= 11 is 0. The molecular formula is C19H39N. The third kappa shape index (κ3) is 5.76. The second-order valence-electron chi connectivity index (χ2n) is 9.27. The van der Waals surface area contributed by atoms with Crippen molar-refractivity contribution < 1.29 is 0 Å². The van der Waals surface area contributed by atoms with Gasteiger partial charge < -0.3 is 5.32 Å². The predicted molar refractivity (Wildman–Crippen MR) is 91.0 cm³/mol. The van der Waals surface area contributed by atoms with Crippen molar-refractivity contribution in [1.29, 1.82) is 0 Å². The van der Waals surface area contributed by atoms with Crippen LogP contribution in [0.25, 0.3) is 0 Å². The third-order valence-corrected chi connectivity index (χ3v) is 5.66. The van der Waals surface area contributed by atoms with Crippen LogP contribution in [0.5, 0.6) is 0 Å². The van der Waals surface area contributed by atoms with Crippen LogP contribution in [0.2, 0.25) is 0 Å². The van der Waals surface area contributed by atoms with Crippen molar-refractivity contribution in [3.63, 3.8) is 0 Å². The summed E-state index contributed by atoms with van der Waals surface area (Å²) in [5, 5.41) is 3.33. The Kier molecular flexibility index (Phi) is 6.57. The van der Waals surface area contributed by atoms with Gasteiger partial charge in [0.05, 0.1) is 0 Å². The van der Waals surface area contributed by atoms with Crippen molar-refractivity contribution in [2.45, 2.75) is 80.1 Å². The van der Waals surface area contributed by atoms with E-state index in [-0.39, 0.29) is 0 Å². The quantitative estimate of drug-likeness (QED) is 0.701. The van der Waals surface area contributed by atoms with Crippen LogP contribution in [0.4, 0.5) is 0 Å². The fourth-order valence-corrected chi connectivity index (χ4v) is 3.89. The first kappa shape index (κ1) is 18.0. The highest BCUT2D eigenvalue weighted by Crippen LogP contribution is 2.43. The van der Waals surface area contributed by atoms with E-state index >= 15 is 0 Å². The lowest BCUT2D eigenvalue weighted by molar-refractivity contribution is 0.114. The maximum Gasteiger partial charge on any atom is -0.00491 e. The minimum absolute atomic E-state index is 0.456. The van der Waals surface area contributed by atoms with Gasteiger partial charge in [-0.1, -0.05) is 54.4 Å². The van der Waals surface area contributed by atoms with Crippen LogP contribution in [-0.4, -0.2) is 13.6 Å². The number of rotatable bonds is 5. The first-order valence-electron chi connectivity index (χ1n) is 8.79. The Bertz CT molecular complexity index is 260. The molecule has 0 aromatic carbocycles. The fourth-order valence-electron chi connectivity index (χ4n) is 3.89. The Morgan fingerprint density at radius 2 is 1.50 bits per heavy atom. The molecule has 0 aliphatic heterocycles. The highest BCUT2D eigenvalue weighted by Gasteiger charge is 2.32. The zero-order valence-electron chi connectivity index (χ0n) is 15.2. The van der Waals surface area contributed by atoms with Gasteiger partial charge in [-0.15, -0.1) is 0 Å². The van der Waals surface area contributed by atoms with Crippen molar-refractivity contribution in [3.05, 3.63) is 0 Å². The van der Waals surface area contributed by atoms with Gasteiger partial charge in [0.1, 0.15) is 0 Å². The molecule has 1 aliphatic carbocycles. The van der Waals surface area contributed by atoms with Crippen LogP contribution >= 0.6 is 0 Å². The van der Waals surface area contributed by atoms with Crippen LogP contribution in [0.1, 0.15) is 80.1 Å². The fraction of sp³-hybridized carbons (Fsp3) is 1.00. The Morgan fingerprint density at radius 1 is 0.950 bits per heavy atom. The third-order valence-electron chi connectivity index (χ3n) is 5.66. The normalized spacial score (nSPS) is 26.6.